The van der Waals surface area contributed by atoms with Crippen LogP contribution in [0.5, 0.6) is 0 Å². The van der Waals surface area contributed by atoms with Gasteiger partial charge >= 0.3 is 6.03 Å². The largest absolute Gasteiger partial charge is 0.388 e. The Bertz CT molecular complexity index is 319. The average Bonchev–Trinajstić information content (AvgIpc) is 2.45. The number of piperidine rings is 1. The Hall–Kier alpha value is -0.810. The molecule has 5 heteroatoms. The summed E-state index contributed by atoms with van der Waals surface area (Å²) in [6, 6.07) is 0.478. The van der Waals surface area contributed by atoms with Gasteiger partial charge in [-0.2, -0.15) is 0 Å². The minimum Gasteiger partial charge on any atom is -0.388 e. The van der Waals surface area contributed by atoms with Crippen LogP contribution in [-0.4, -0.2) is 53.9 Å². The van der Waals surface area contributed by atoms with Crippen LogP contribution in [0, 0.1) is 5.92 Å². The van der Waals surface area contributed by atoms with Crippen LogP contribution in [0.15, 0.2) is 0 Å². The standard InChI is InChI=1S/C16H33N3O2/c1-5-14-8-6-7-10-19(14)11-9-17-15(20)18-12-16(4,21)13(2)3/h13-14,21H,5-12H2,1-4H3,(H2,17,18,20). The monoisotopic (exact) mass is 299 g/mol. The highest BCUT2D eigenvalue weighted by Gasteiger charge is 2.25. The molecule has 3 N–H and O–H groups in total. The van der Waals surface area contributed by atoms with Gasteiger partial charge in [-0.05, 0) is 38.6 Å². The summed E-state index contributed by atoms with van der Waals surface area (Å²) < 4.78 is 0. The molecule has 0 aromatic heterocycles. The molecule has 124 valence electrons. The Kier molecular flexibility index (Phi) is 7.46. The lowest BCUT2D eigenvalue weighted by Crippen LogP contribution is -2.49. The molecule has 0 spiro atoms. The average molecular weight is 299 g/mol. The van der Waals surface area contributed by atoms with Crippen molar-refractivity contribution in [2.45, 2.75) is 65.0 Å². The number of urea groups is 1. The number of rotatable bonds is 7. The van der Waals surface area contributed by atoms with Crippen molar-refractivity contribution in [2.75, 3.05) is 26.2 Å². The Balaban J connectivity index is 2.21. The smallest absolute Gasteiger partial charge is 0.314 e. The molecule has 0 aromatic carbocycles. The number of likely N-dealkylation sites (tertiary alicyclic amines) is 1. The van der Waals surface area contributed by atoms with Gasteiger partial charge in [0.15, 0.2) is 0 Å². The van der Waals surface area contributed by atoms with Crippen LogP contribution in [0.2, 0.25) is 0 Å². The van der Waals surface area contributed by atoms with E-state index in [2.05, 4.69) is 22.5 Å². The molecule has 0 aromatic rings. The number of hydrogen-bond acceptors (Lipinski definition) is 3. The van der Waals surface area contributed by atoms with Crippen molar-refractivity contribution in [3.05, 3.63) is 0 Å². The quantitative estimate of drug-likeness (QED) is 0.673. The third-order valence-corrected chi connectivity index (χ3v) is 4.76. The molecule has 2 amide bonds. The first kappa shape index (κ1) is 18.2. The maximum Gasteiger partial charge on any atom is 0.314 e. The van der Waals surface area contributed by atoms with Crippen LogP contribution in [0.4, 0.5) is 4.79 Å². The second kappa shape index (κ2) is 8.59. The third-order valence-electron chi connectivity index (χ3n) is 4.76. The number of carbonyl (C=O) groups excluding carboxylic acids is 1. The Morgan fingerprint density at radius 1 is 1.38 bits per heavy atom. The molecule has 0 aliphatic carbocycles. The third kappa shape index (κ3) is 6.22. The van der Waals surface area contributed by atoms with Crippen molar-refractivity contribution in [2.24, 2.45) is 5.92 Å². The van der Waals surface area contributed by atoms with Gasteiger partial charge in [0.05, 0.1) is 5.60 Å². The molecular formula is C16H33N3O2. The molecule has 1 aliphatic heterocycles. The van der Waals surface area contributed by atoms with Crippen LogP contribution in [0.3, 0.4) is 0 Å². The molecule has 1 aliphatic rings. The number of hydrogen-bond donors (Lipinski definition) is 3. The predicted octanol–water partition coefficient (Wildman–Crippen LogP) is 1.96. The van der Waals surface area contributed by atoms with Gasteiger partial charge in [-0.3, -0.25) is 4.90 Å². The Morgan fingerprint density at radius 2 is 2.10 bits per heavy atom. The zero-order valence-electron chi connectivity index (χ0n) is 14.1. The molecule has 0 radical (unpaired) electrons. The van der Waals surface area contributed by atoms with Crippen LogP contribution in [0.25, 0.3) is 0 Å². The lowest BCUT2D eigenvalue weighted by molar-refractivity contribution is 0.0166. The van der Waals surface area contributed by atoms with Gasteiger partial charge in [-0.15, -0.1) is 0 Å². The van der Waals surface area contributed by atoms with Gasteiger partial charge in [0.25, 0.3) is 0 Å². The van der Waals surface area contributed by atoms with Crippen LogP contribution < -0.4 is 10.6 Å². The highest BCUT2D eigenvalue weighted by Crippen LogP contribution is 2.18. The van der Waals surface area contributed by atoms with Crippen LogP contribution >= 0.6 is 0 Å². The summed E-state index contributed by atoms with van der Waals surface area (Å²) in [5.74, 6) is 0.108. The summed E-state index contributed by atoms with van der Waals surface area (Å²) in [6.45, 7) is 10.9. The van der Waals surface area contributed by atoms with E-state index in [1.165, 1.54) is 25.7 Å². The lowest BCUT2D eigenvalue weighted by atomic mass is 9.93. The highest BCUT2D eigenvalue weighted by atomic mass is 16.3. The van der Waals surface area contributed by atoms with Gasteiger partial charge in [-0.25, -0.2) is 4.79 Å². The van der Waals surface area contributed by atoms with Crippen molar-refractivity contribution in [1.82, 2.24) is 15.5 Å². The molecule has 0 bridgehead atoms. The van der Waals surface area contributed by atoms with Gasteiger partial charge in [0.2, 0.25) is 0 Å². The SMILES string of the molecule is CCC1CCCCN1CCNC(=O)NCC(C)(O)C(C)C. The zero-order valence-corrected chi connectivity index (χ0v) is 14.1. The Morgan fingerprint density at radius 3 is 2.71 bits per heavy atom. The summed E-state index contributed by atoms with van der Waals surface area (Å²) >= 11 is 0. The fraction of sp³-hybridized carbons (Fsp3) is 0.938. The van der Waals surface area contributed by atoms with Crippen molar-refractivity contribution in [3.63, 3.8) is 0 Å². The first-order chi connectivity index (χ1) is 9.86. The first-order valence-electron chi connectivity index (χ1n) is 8.35. The van der Waals surface area contributed by atoms with E-state index in [1.807, 2.05) is 13.8 Å². The van der Waals surface area contributed by atoms with Gasteiger partial charge in [0, 0.05) is 25.7 Å². The number of nitrogens with one attached hydrogen (secondary N) is 2. The topological polar surface area (TPSA) is 64.6 Å². The molecule has 0 saturated carbocycles. The van der Waals surface area contributed by atoms with Crippen LogP contribution in [0.1, 0.15) is 53.4 Å². The molecule has 1 saturated heterocycles. The molecule has 21 heavy (non-hydrogen) atoms. The molecule has 1 fully saturated rings. The fourth-order valence-electron chi connectivity index (χ4n) is 2.66. The molecule has 1 rings (SSSR count). The van der Waals surface area contributed by atoms with E-state index in [9.17, 15) is 9.90 Å². The number of nitrogens with zero attached hydrogens (tertiary/aromatic N) is 1. The summed E-state index contributed by atoms with van der Waals surface area (Å²) in [6.07, 6.45) is 5.05. The second-order valence-corrected chi connectivity index (χ2v) is 6.72. The lowest BCUT2D eigenvalue weighted by Gasteiger charge is -2.35. The molecule has 1 heterocycles. The first-order valence-corrected chi connectivity index (χ1v) is 8.35. The number of amides is 2. The van der Waals surface area contributed by atoms with E-state index >= 15 is 0 Å². The molecule has 5 nitrogen and oxygen atoms in total. The Labute approximate surface area is 129 Å². The van der Waals surface area contributed by atoms with E-state index in [4.69, 9.17) is 0 Å². The summed E-state index contributed by atoms with van der Waals surface area (Å²) in [5.41, 5.74) is -0.864. The summed E-state index contributed by atoms with van der Waals surface area (Å²) in [5, 5.41) is 15.7. The molecular weight excluding hydrogens is 266 g/mol. The predicted molar refractivity (Wildman–Crippen MR) is 86.4 cm³/mol. The highest BCUT2D eigenvalue weighted by molar-refractivity contribution is 5.73. The van der Waals surface area contributed by atoms with Gasteiger partial charge < -0.3 is 15.7 Å². The van der Waals surface area contributed by atoms with Crippen molar-refractivity contribution < 1.29 is 9.90 Å². The number of aliphatic hydroxyl groups is 1. The number of carbonyl (C=O) groups is 1. The molecule has 2 unspecified atom stereocenters. The maximum absolute atomic E-state index is 11.8. The van der Waals surface area contributed by atoms with Gasteiger partial charge in [-0.1, -0.05) is 27.2 Å². The maximum atomic E-state index is 11.8. The fourth-order valence-corrected chi connectivity index (χ4v) is 2.66. The zero-order chi connectivity index (χ0) is 15.9. The van der Waals surface area contributed by atoms with E-state index in [0.29, 0.717) is 12.6 Å². The molecule has 2 atom stereocenters. The van der Waals surface area contributed by atoms with E-state index in [0.717, 1.165) is 13.1 Å². The van der Waals surface area contributed by atoms with Crippen LogP contribution in [-0.2, 0) is 0 Å². The van der Waals surface area contributed by atoms with E-state index in [-0.39, 0.29) is 18.5 Å². The van der Waals surface area contributed by atoms with Crippen molar-refractivity contribution >= 4 is 6.03 Å². The normalized spacial score (nSPS) is 22.9. The van der Waals surface area contributed by atoms with E-state index < -0.39 is 5.60 Å². The minimum absolute atomic E-state index is 0.108. The van der Waals surface area contributed by atoms with Crippen molar-refractivity contribution in [1.29, 1.82) is 0 Å². The minimum atomic E-state index is -0.864. The summed E-state index contributed by atoms with van der Waals surface area (Å²) in [7, 11) is 0. The second-order valence-electron chi connectivity index (χ2n) is 6.72. The summed E-state index contributed by atoms with van der Waals surface area (Å²) in [4.78, 5) is 14.2. The van der Waals surface area contributed by atoms with Gasteiger partial charge in [0.1, 0.15) is 0 Å². The van der Waals surface area contributed by atoms with E-state index in [1.54, 1.807) is 6.92 Å². The van der Waals surface area contributed by atoms with Crippen molar-refractivity contribution in [3.8, 4) is 0 Å².